The highest BCUT2D eigenvalue weighted by Crippen LogP contribution is 2.29. The lowest BCUT2D eigenvalue weighted by molar-refractivity contribution is 0.271. The van der Waals surface area contributed by atoms with E-state index < -0.39 is 11.6 Å². The molecule has 1 N–H and O–H groups in total. The summed E-state index contributed by atoms with van der Waals surface area (Å²) in [7, 11) is 1.25. The third-order valence-electron chi connectivity index (χ3n) is 3.34. The van der Waals surface area contributed by atoms with Crippen molar-refractivity contribution in [1.29, 1.82) is 0 Å². The van der Waals surface area contributed by atoms with Crippen LogP contribution in [0.5, 0.6) is 5.75 Å². The van der Waals surface area contributed by atoms with E-state index in [4.69, 9.17) is 4.74 Å². The topological polar surface area (TPSA) is 60.2 Å². The van der Waals surface area contributed by atoms with Crippen molar-refractivity contribution in [3.8, 4) is 22.8 Å². The van der Waals surface area contributed by atoms with Gasteiger partial charge in [0.1, 0.15) is 6.61 Å². The Bertz CT molecular complexity index is 882. The van der Waals surface area contributed by atoms with Gasteiger partial charge >= 0.3 is 0 Å². The maximum absolute atomic E-state index is 13.8. The Balaban J connectivity index is 2.19. The molecule has 0 saturated heterocycles. The molecule has 0 aliphatic carbocycles. The molecule has 24 heavy (non-hydrogen) atoms. The summed E-state index contributed by atoms with van der Waals surface area (Å²) >= 11 is 3.34. The van der Waals surface area contributed by atoms with Crippen molar-refractivity contribution < 1.29 is 18.6 Å². The van der Waals surface area contributed by atoms with Gasteiger partial charge in [-0.25, -0.2) is 14.1 Å². The van der Waals surface area contributed by atoms with Crippen molar-refractivity contribution in [3.63, 3.8) is 0 Å². The first-order chi connectivity index (χ1) is 11.5. The quantitative estimate of drug-likeness (QED) is 0.734. The Kier molecular flexibility index (Phi) is 4.59. The van der Waals surface area contributed by atoms with Gasteiger partial charge in [0, 0.05) is 10.0 Å². The summed E-state index contributed by atoms with van der Waals surface area (Å²) in [6.07, 6.45) is 0. The van der Waals surface area contributed by atoms with Crippen LogP contribution in [0, 0.1) is 11.6 Å². The molecule has 1 aromatic heterocycles. The SMILES string of the molecule is COc1cc(-c2nc(CO)nn2-c2ccc(Br)cc2)cc(F)c1F. The van der Waals surface area contributed by atoms with Gasteiger partial charge in [-0.1, -0.05) is 15.9 Å². The molecule has 0 radical (unpaired) electrons. The first-order valence-electron chi connectivity index (χ1n) is 6.89. The zero-order valence-corrected chi connectivity index (χ0v) is 14.1. The molecule has 0 unspecified atom stereocenters. The van der Waals surface area contributed by atoms with Crippen LogP contribution in [0.4, 0.5) is 8.78 Å². The molecule has 3 rings (SSSR count). The summed E-state index contributed by atoms with van der Waals surface area (Å²) in [5.41, 5.74) is 0.935. The minimum Gasteiger partial charge on any atom is -0.494 e. The van der Waals surface area contributed by atoms with Crippen LogP contribution < -0.4 is 4.74 Å². The van der Waals surface area contributed by atoms with Gasteiger partial charge in [0.2, 0.25) is 5.82 Å². The van der Waals surface area contributed by atoms with Crippen LogP contribution in [0.3, 0.4) is 0 Å². The molecule has 0 bridgehead atoms. The van der Waals surface area contributed by atoms with Crippen molar-refractivity contribution in [2.75, 3.05) is 7.11 Å². The number of ether oxygens (including phenoxy) is 1. The molecule has 3 aromatic rings. The molecule has 8 heteroatoms. The molecule has 0 fully saturated rings. The number of hydrogen-bond acceptors (Lipinski definition) is 4. The van der Waals surface area contributed by atoms with Crippen molar-refractivity contribution in [1.82, 2.24) is 14.8 Å². The van der Waals surface area contributed by atoms with Gasteiger partial charge in [0.05, 0.1) is 12.8 Å². The summed E-state index contributed by atoms with van der Waals surface area (Å²) in [5.74, 6) is -1.94. The van der Waals surface area contributed by atoms with Gasteiger partial charge in [0.25, 0.3) is 0 Å². The second-order valence-electron chi connectivity index (χ2n) is 4.87. The highest BCUT2D eigenvalue weighted by Gasteiger charge is 2.18. The number of rotatable bonds is 4. The molecular weight excluding hydrogens is 384 g/mol. The van der Waals surface area contributed by atoms with E-state index in [0.717, 1.165) is 10.5 Å². The zero-order chi connectivity index (χ0) is 17.3. The minimum atomic E-state index is -1.07. The van der Waals surface area contributed by atoms with Crippen LogP contribution in [0.2, 0.25) is 0 Å². The highest BCUT2D eigenvalue weighted by atomic mass is 79.9. The lowest BCUT2D eigenvalue weighted by atomic mass is 10.2. The third kappa shape index (κ3) is 3.02. The summed E-state index contributed by atoms with van der Waals surface area (Å²) in [6, 6.07) is 9.52. The van der Waals surface area contributed by atoms with Gasteiger partial charge in [0.15, 0.2) is 23.2 Å². The van der Waals surface area contributed by atoms with Crippen molar-refractivity contribution in [2.45, 2.75) is 6.61 Å². The average molecular weight is 396 g/mol. The zero-order valence-electron chi connectivity index (χ0n) is 12.5. The van der Waals surface area contributed by atoms with Crippen molar-refractivity contribution in [3.05, 3.63) is 58.3 Å². The van der Waals surface area contributed by atoms with Crippen molar-refractivity contribution in [2.24, 2.45) is 0 Å². The molecule has 0 spiro atoms. The second-order valence-corrected chi connectivity index (χ2v) is 5.79. The summed E-state index contributed by atoms with van der Waals surface area (Å²) in [5, 5.41) is 13.5. The maximum Gasteiger partial charge on any atom is 0.200 e. The van der Waals surface area contributed by atoms with Crippen molar-refractivity contribution >= 4 is 15.9 Å². The molecule has 0 aliphatic rings. The number of aliphatic hydroxyl groups excluding tert-OH is 1. The van der Waals surface area contributed by atoms with Crippen LogP contribution in [-0.2, 0) is 6.61 Å². The summed E-state index contributed by atoms with van der Waals surface area (Å²) in [4.78, 5) is 4.19. The average Bonchev–Trinajstić information content (AvgIpc) is 3.02. The van der Waals surface area contributed by atoms with Crippen LogP contribution >= 0.6 is 15.9 Å². The lowest BCUT2D eigenvalue weighted by Gasteiger charge is -2.09. The van der Waals surface area contributed by atoms with E-state index in [2.05, 4.69) is 26.0 Å². The molecule has 124 valence electrons. The molecule has 5 nitrogen and oxygen atoms in total. The van der Waals surface area contributed by atoms with E-state index in [9.17, 15) is 13.9 Å². The highest BCUT2D eigenvalue weighted by molar-refractivity contribution is 9.10. The van der Waals surface area contributed by atoms with E-state index in [1.807, 2.05) is 12.1 Å². The van der Waals surface area contributed by atoms with E-state index in [1.54, 1.807) is 12.1 Å². The van der Waals surface area contributed by atoms with Gasteiger partial charge in [-0.15, -0.1) is 5.10 Å². The second kappa shape index (κ2) is 6.66. The van der Waals surface area contributed by atoms with Gasteiger partial charge < -0.3 is 9.84 Å². The van der Waals surface area contributed by atoms with Crippen LogP contribution in [-0.4, -0.2) is 27.0 Å². The Morgan fingerprint density at radius 3 is 2.54 bits per heavy atom. The number of halogens is 3. The monoisotopic (exact) mass is 395 g/mol. The molecule has 0 saturated carbocycles. The Labute approximate surface area is 144 Å². The van der Waals surface area contributed by atoms with Gasteiger partial charge in [-0.2, -0.15) is 4.39 Å². The van der Waals surface area contributed by atoms with Crippen LogP contribution in [0.1, 0.15) is 5.82 Å². The van der Waals surface area contributed by atoms with E-state index >= 15 is 0 Å². The Morgan fingerprint density at radius 1 is 1.21 bits per heavy atom. The molecule has 1 heterocycles. The molecule has 0 atom stereocenters. The third-order valence-corrected chi connectivity index (χ3v) is 3.87. The largest absolute Gasteiger partial charge is 0.494 e. The van der Waals surface area contributed by atoms with Gasteiger partial charge in [-0.3, -0.25) is 0 Å². The molecular formula is C16H12BrF2N3O2. The molecule has 2 aromatic carbocycles. The van der Waals surface area contributed by atoms with E-state index in [0.29, 0.717) is 5.69 Å². The number of hydrogen-bond donors (Lipinski definition) is 1. The van der Waals surface area contributed by atoms with E-state index in [1.165, 1.54) is 17.9 Å². The minimum absolute atomic E-state index is 0.164. The Hall–Kier alpha value is -2.32. The smallest absolute Gasteiger partial charge is 0.200 e. The predicted octanol–water partition coefficient (Wildman–Crippen LogP) is 3.48. The van der Waals surface area contributed by atoms with E-state index in [-0.39, 0.29) is 29.6 Å². The van der Waals surface area contributed by atoms with Crippen LogP contribution in [0.25, 0.3) is 17.1 Å². The van der Waals surface area contributed by atoms with Gasteiger partial charge in [-0.05, 0) is 36.4 Å². The Morgan fingerprint density at radius 2 is 1.92 bits per heavy atom. The first kappa shape index (κ1) is 16.5. The number of aliphatic hydroxyl groups is 1. The standard InChI is InChI=1S/C16H12BrF2N3O2/c1-24-13-7-9(6-12(18)15(13)19)16-20-14(8-23)21-22(16)11-4-2-10(17)3-5-11/h2-7,23H,8H2,1H3. The number of nitrogens with zero attached hydrogens (tertiary/aromatic N) is 3. The fourth-order valence-electron chi connectivity index (χ4n) is 2.21. The summed E-state index contributed by atoms with van der Waals surface area (Å²) < 4.78 is 34.7. The maximum atomic E-state index is 13.8. The first-order valence-corrected chi connectivity index (χ1v) is 7.69. The molecule has 0 aliphatic heterocycles. The fraction of sp³-hybridized carbons (Fsp3) is 0.125. The molecule has 0 amide bonds. The summed E-state index contributed by atoms with van der Waals surface area (Å²) in [6.45, 7) is -0.378. The predicted molar refractivity (Wildman–Crippen MR) is 86.9 cm³/mol. The normalized spacial score (nSPS) is 10.9. The number of benzene rings is 2. The number of aromatic nitrogens is 3. The number of methoxy groups -OCH3 is 1. The fourth-order valence-corrected chi connectivity index (χ4v) is 2.48. The van der Waals surface area contributed by atoms with Crippen LogP contribution in [0.15, 0.2) is 40.9 Å². The lowest BCUT2D eigenvalue weighted by Crippen LogP contribution is -2.01.